The van der Waals surface area contributed by atoms with Gasteiger partial charge in [0.2, 0.25) is 0 Å². The molecule has 0 amide bonds. The van der Waals surface area contributed by atoms with Gasteiger partial charge < -0.3 is 15.6 Å². The van der Waals surface area contributed by atoms with Gasteiger partial charge in [-0.1, -0.05) is 12.8 Å². The lowest BCUT2D eigenvalue weighted by atomic mass is 9.93. The van der Waals surface area contributed by atoms with E-state index in [-0.39, 0.29) is 18.8 Å². The van der Waals surface area contributed by atoms with Crippen LogP contribution in [0.4, 0.5) is 0 Å². The third-order valence-corrected chi connectivity index (χ3v) is 2.18. The number of ether oxygens (including phenoxy) is 1. The molecular formula is C8H17NO2. The van der Waals surface area contributed by atoms with Crippen molar-refractivity contribution < 1.29 is 9.84 Å². The van der Waals surface area contributed by atoms with Crippen LogP contribution in [0.15, 0.2) is 0 Å². The molecule has 1 rings (SSSR count). The minimum absolute atomic E-state index is 0.100. The zero-order valence-corrected chi connectivity index (χ0v) is 6.83. The zero-order valence-electron chi connectivity index (χ0n) is 6.83. The SMILES string of the molecule is NC1CCCCC1OCCO. The molecule has 66 valence electrons. The molecular weight excluding hydrogens is 142 g/mol. The van der Waals surface area contributed by atoms with Crippen LogP contribution in [0.25, 0.3) is 0 Å². The normalized spacial score (nSPS) is 32.2. The molecule has 2 unspecified atom stereocenters. The quantitative estimate of drug-likeness (QED) is 0.621. The monoisotopic (exact) mass is 159 g/mol. The summed E-state index contributed by atoms with van der Waals surface area (Å²) in [6.07, 6.45) is 4.75. The Labute approximate surface area is 67.5 Å². The molecule has 1 fully saturated rings. The van der Waals surface area contributed by atoms with E-state index in [1.165, 1.54) is 12.8 Å². The first kappa shape index (κ1) is 8.97. The minimum atomic E-state index is 0.100. The highest BCUT2D eigenvalue weighted by Crippen LogP contribution is 2.19. The van der Waals surface area contributed by atoms with Gasteiger partial charge in [0.1, 0.15) is 0 Å². The molecule has 1 saturated carbocycles. The maximum atomic E-state index is 8.52. The van der Waals surface area contributed by atoms with Gasteiger partial charge in [0, 0.05) is 6.04 Å². The van der Waals surface area contributed by atoms with Gasteiger partial charge in [-0.2, -0.15) is 0 Å². The molecule has 0 radical (unpaired) electrons. The van der Waals surface area contributed by atoms with Crippen LogP contribution in [0, 0.1) is 0 Å². The average molecular weight is 159 g/mol. The van der Waals surface area contributed by atoms with Crippen molar-refractivity contribution in [3.8, 4) is 0 Å². The Balaban J connectivity index is 2.18. The van der Waals surface area contributed by atoms with Crippen LogP contribution in [-0.4, -0.2) is 30.5 Å². The van der Waals surface area contributed by atoms with Crippen LogP contribution >= 0.6 is 0 Å². The van der Waals surface area contributed by atoms with Crippen LogP contribution in [0.2, 0.25) is 0 Å². The van der Waals surface area contributed by atoms with E-state index in [0.717, 1.165) is 12.8 Å². The van der Waals surface area contributed by atoms with E-state index in [1.807, 2.05) is 0 Å². The fourth-order valence-electron chi connectivity index (χ4n) is 1.54. The van der Waals surface area contributed by atoms with Gasteiger partial charge in [0.15, 0.2) is 0 Å². The van der Waals surface area contributed by atoms with Gasteiger partial charge >= 0.3 is 0 Å². The molecule has 3 heteroatoms. The summed E-state index contributed by atoms with van der Waals surface area (Å²) in [6.45, 7) is 0.529. The number of hydrogen-bond donors (Lipinski definition) is 2. The molecule has 3 nitrogen and oxygen atoms in total. The first-order chi connectivity index (χ1) is 5.34. The maximum Gasteiger partial charge on any atom is 0.0727 e. The maximum absolute atomic E-state index is 8.52. The number of hydrogen-bond acceptors (Lipinski definition) is 3. The second kappa shape index (κ2) is 4.70. The molecule has 0 spiro atoms. The molecule has 0 bridgehead atoms. The Hall–Kier alpha value is -0.120. The van der Waals surface area contributed by atoms with Gasteiger partial charge in [-0.15, -0.1) is 0 Å². The molecule has 11 heavy (non-hydrogen) atoms. The Morgan fingerprint density at radius 1 is 1.36 bits per heavy atom. The summed E-state index contributed by atoms with van der Waals surface area (Å²) in [4.78, 5) is 0. The van der Waals surface area contributed by atoms with E-state index >= 15 is 0 Å². The van der Waals surface area contributed by atoms with Crippen molar-refractivity contribution in [1.29, 1.82) is 0 Å². The third-order valence-electron chi connectivity index (χ3n) is 2.18. The van der Waals surface area contributed by atoms with Gasteiger partial charge in [-0.05, 0) is 12.8 Å². The van der Waals surface area contributed by atoms with Crippen molar-refractivity contribution in [3.05, 3.63) is 0 Å². The first-order valence-electron chi connectivity index (χ1n) is 4.32. The van der Waals surface area contributed by atoms with E-state index in [2.05, 4.69) is 0 Å². The number of aliphatic hydroxyl groups excluding tert-OH is 1. The van der Waals surface area contributed by atoms with Gasteiger partial charge in [0.25, 0.3) is 0 Å². The Morgan fingerprint density at radius 2 is 2.09 bits per heavy atom. The second-order valence-electron chi connectivity index (χ2n) is 3.08. The summed E-state index contributed by atoms with van der Waals surface area (Å²) < 4.78 is 5.37. The predicted octanol–water partition coefficient (Wildman–Crippen LogP) is 0.265. The van der Waals surface area contributed by atoms with E-state index < -0.39 is 0 Å². The van der Waals surface area contributed by atoms with E-state index in [1.54, 1.807) is 0 Å². The fraction of sp³-hybridized carbons (Fsp3) is 1.00. The molecule has 1 aliphatic carbocycles. The van der Waals surface area contributed by atoms with Crippen molar-refractivity contribution in [3.63, 3.8) is 0 Å². The van der Waals surface area contributed by atoms with Crippen LogP contribution in [0.5, 0.6) is 0 Å². The van der Waals surface area contributed by atoms with Crippen molar-refractivity contribution in [2.45, 2.75) is 37.8 Å². The highest BCUT2D eigenvalue weighted by Gasteiger charge is 2.21. The van der Waals surface area contributed by atoms with Crippen LogP contribution < -0.4 is 5.73 Å². The van der Waals surface area contributed by atoms with E-state index in [4.69, 9.17) is 15.6 Å². The molecule has 3 N–H and O–H groups in total. The number of aliphatic hydroxyl groups is 1. The summed E-state index contributed by atoms with van der Waals surface area (Å²) in [7, 11) is 0. The standard InChI is InChI=1S/C8H17NO2/c9-7-3-1-2-4-8(7)11-6-5-10/h7-8,10H,1-6,9H2. The average Bonchev–Trinajstić information content (AvgIpc) is 2.03. The van der Waals surface area contributed by atoms with Crippen molar-refractivity contribution in [2.24, 2.45) is 5.73 Å². The van der Waals surface area contributed by atoms with Crippen LogP contribution in [-0.2, 0) is 4.74 Å². The Bertz CT molecular complexity index is 108. The smallest absolute Gasteiger partial charge is 0.0727 e. The Kier molecular flexibility index (Phi) is 3.83. The lowest BCUT2D eigenvalue weighted by Gasteiger charge is -2.28. The van der Waals surface area contributed by atoms with Crippen molar-refractivity contribution >= 4 is 0 Å². The summed E-state index contributed by atoms with van der Waals surface area (Å²) >= 11 is 0. The highest BCUT2D eigenvalue weighted by molar-refractivity contribution is 4.78. The lowest BCUT2D eigenvalue weighted by molar-refractivity contribution is -0.00233. The molecule has 2 atom stereocenters. The predicted molar refractivity (Wildman–Crippen MR) is 43.3 cm³/mol. The summed E-state index contributed by atoms with van der Waals surface area (Å²) in [5.74, 6) is 0. The highest BCUT2D eigenvalue weighted by atomic mass is 16.5. The van der Waals surface area contributed by atoms with Gasteiger partial charge in [-0.3, -0.25) is 0 Å². The summed E-state index contributed by atoms with van der Waals surface area (Å²) in [5.41, 5.74) is 5.81. The largest absolute Gasteiger partial charge is 0.394 e. The number of nitrogens with two attached hydrogens (primary N) is 1. The van der Waals surface area contributed by atoms with Gasteiger partial charge in [-0.25, -0.2) is 0 Å². The Morgan fingerprint density at radius 3 is 2.73 bits per heavy atom. The molecule has 0 aromatic carbocycles. The minimum Gasteiger partial charge on any atom is -0.394 e. The molecule has 0 aliphatic heterocycles. The molecule has 0 aromatic rings. The molecule has 0 aromatic heterocycles. The van der Waals surface area contributed by atoms with Crippen LogP contribution in [0.1, 0.15) is 25.7 Å². The summed E-state index contributed by atoms with van der Waals surface area (Å²) in [6, 6.07) is 0.190. The first-order valence-corrected chi connectivity index (χ1v) is 4.32. The molecule has 1 aliphatic rings. The number of rotatable bonds is 3. The van der Waals surface area contributed by atoms with Crippen molar-refractivity contribution in [2.75, 3.05) is 13.2 Å². The topological polar surface area (TPSA) is 55.5 Å². The van der Waals surface area contributed by atoms with Crippen LogP contribution in [0.3, 0.4) is 0 Å². The van der Waals surface area contributed by atoms with Crippen molar-refractivity contribution in [1.82, 2.24) is 0 Å². The zero-order chi connectivity index (χ0) is 8.10. The molecule has 0 heterocycles. The molecule has 0 saturated heterocycles. The lowest BCUT2D eigenvalue weighted by Crippen LogP contribution is -2.39. The summed E-state index contributed by atoms with van der Waals surface area (Å²) in [5, 5.41) is 8.52. The van der Waals surface area contributed by atoms with Gasteiger partial charge in [0.05, 0.1) is 19.3 Å². The second-order valence-corrected chi connectivity index (χ2v) is 3.08. The third kappa shape index (κ3) is 2.77. The fourth-order valence-corrected chi connectivity index (χ4v) is 1.54. The van der Waals surface area contributed by atoms with E-state index in [9.17, 15) is 0 Å². The van der Waals surface area contributed by atoms with E-state index in [0.29, 0.717) is 6.61 Å².